The van der Waals surface area contributed by atoms with Crippen molar-refractivity contribution in [2.75, 3.05) is 6.54 Å². The number of amides is 1. The Labute approximate surface area is 242 Å². The summed E-state index contributed by atoms with van der Waals surface area (Å²) in [4.78, 5) is 16.2. The molecular formula is C33H29N3O5S. The number of hydrogen-bond donors (Lipinski definition) is 4. The van der Waals surface area contributed by atoms with Gasteiger partial charge in [0.25, 0.3) is 10.0 Å². The lowest BCUT2D eigenvalue weighted by atomic mass is 10.0. The molecule has 0 saturated carbocycles. The molecule has 0 bridgehead atoms. The zero-order valence-electron chi connectivity index (χ0n) is 22.8. The second-order valence-corrected chi connectivity index (χ2v) is 12.2. The lowest BCUT2D eigenvalue weighted by Crippen LogP contribution is -2.29. The third-order valence-corrected chi connectivity index (χ3v) is 9.12. The number of hydrogen-bond acceptors (Lipinski definition) is 5. The number of nitrogens with zero attached hydrogens (tertiary/aromatic N) is 1. The quantitative estimate of drug-likeness (QED) is 0.191. The molecule has 0 aliphatic heterocycles. The Balaban J connectivity index is 1.30. The van der Waals surface area contributed by atoms with Gasteiger partial charge in [-0.2, -0.15) is 0 Å². The first-order chi connectivity index (χ1) is 20.2. The predicted molar refractivity (Wildman–Crippen MR) is 163 cm³/mol. The van der Waals surface area contributed by atoms with Gasteiger partial charge in [-0.05, 0) is 66.1 Å². The maximum Gasteiger partial charge on any atom is 0.268 e. The molecule has 9 heteroatoms. The van der Waals surface area contributed by atoms with Gasteiger partial charge in [-0.3, -0.25) is 4.79 Å². The Morgan fingerprint density at radius 2 is 1.74 bits per heavy atom. The molecule has 6 rings (SSSR count). The van der Waals surface area contributed by atoms with Crippen LogP contribution in [0, 0.1) is 6.92 Å². The summed E-state index contributed by atoms with van der Waals surface area (Å²) in [5, 5.41) is 24.4. The molecule has 0 saturated heterocycles. The van der Waals surface area contributed by atoms with Crippen molar-refractivity contribution >= 4 is 37.7 Å². The van der Waals surface area contributed by atoms with Crippen LogP contribution in [0.4, 0.5) is 0 Å². The summed E-state index contributed by atoms with van der Waals surface area (Å²) in [5.41, 5.74) is 5.25. The van der Waals surface area contributed by atoms with Crippen LogP contribution in [0.2, 0.25) is 0 Å². The number of phenolic OH excluding ortho intramolecular Hbond substituents is 1. The van der Waals surface area contributed by atoms with Gasteiger partial charge >= 0.3 is 0 Å². The summed E-state index contributed by atoms with van der Waals surface area (Å²) < 4.78 is 28.6. The Morgan fingerprint density at radius 3 is 2.52 bits per heavy atom. The monoisotopic (exact) mass is 579 g/mol. The second kappa shape index (κ2) is 10.8. The molecule has 0 aliphatic carbocycles. The molecule has 1 unspecified atom stereocenters. The fraction of sp³-hybridized carbons (Fsp3) is 0.121. The van der Waals surface area contributed by atoms with Crippen molar-refractivity contribution in [1.82, 2.24) is 14.3 Å². The smallest absolute Gasteiger partial charge is 0.268 e. The van der Waals surface area contributed by atoms with Gasteiger partial charge < -0.3 is 20.5 Å². The van der Waals surface area contributed by atoms with Crippen LogP contribution < -0.4 is 5.32 Å². The third kappa shape index (κ3) is 5.15. The van der Waals surface area contributed by atoms with E-state index in [1.807, 2.05) is 43.3 Å². The molecule has 4 N–H and O–H groups in total. The summed E-state index contributed by atoms with van der Waals surface area (Å²) in [6.07, 6.45) is 2.57. The number of aryl methyl sites for hydroxylation is 1. The van der Waals surface area contributed by atoms with Gasteiger partial charge in [0, 0.05) is 40.8 Å². The van der Waals surface area contributed by atoms with Crippen molar-refractivity contribution in [3.63, 3.8) is 0 Å². The van der Waals surface area contributed by atoms with E-state index in [9.17, 15) is 23.4 Å². The fourth-order valence-corrected chi connectivity index (χ4v) is 6.56. The molecule has 6 aromatic rings. The molecule has 0 spiro atoms. The maximum absolute atomic E-state index is 13.7. The first-order valence-electron chi connectivity index (χ1n) is 13.5. The lowest BCUT2D eigenvalue weighted by Gasteiger charge is -2.12. The van der Waals surface area contributed by atoms with E-state index < -0.39 is 16.1 Å². The van der Waals surface area contributed by atoms with Crippen LogP contribution in [0.1, 0.15) is 22.8 Å². The predicted octanol–water partition coefficient (Wildman–Crippen LogP) is 5.43. The highest BCUT2D eigenvalue weighted by molar-refractivity contribution is 7.90. The lowest BCUT2D eigenvalue weighted by molar-refractivity contribution is -0.120. The Bertz CT molecular complexity index is 2040. The second-order valence-electron chi connectivity index (χ2n) is 10.3. The number of aromatic nitrogens is 2. The summed E-state index contributed by atoms with van der Waals surface area (Å²) in [6, 6.07) is 26.3. The van der Waals surface area contributed by atoms with E-state index in [0.29, 0.717) is 11.1 Å². The largest absolute Gasteiger partial charge is 0.508 e. The van der Waals surface area contributed by atoms with Crippen LogP contribution in [0.25, 0.3) is 32.9 Å². The van der Waals surface area contributed by atoms with Crippen molar-refractivity contribution in [2.45, 2.75) is 24.3 Å². The maximum atomic E-state index is 13.7. The van der Waals surface area contributed by atoms with E-state index in [1.165, 1.54) is 16.1 Å². The number of aliphatic hydroxyl groups is 1. The minimum atomic E-state index is -3.84. The van der Waals surface area contributed by atoms with Crippen molar-refractivity contribution in [3.05, 3.63) is 120 Å². The third-order valence-electron chi connectivity index (χ3n) is 7.43. The summed E-state index contributed by atoms with van der Waals surface area (Å²) in [5.74, 6) is -0.218. The molecule has 1 amide bonds. The van der Waals surface area contributed by atoms with Crippen LogP contribution in [0.5, 0.6) is 5.75 Å². The number of nitrogens with one attached hydrogen (secondary N) is 2. The number of para-hydroxylation sites is 1. The van der Waals surface area contributed by atoms with Gasteiger partial charge in [-0.1, -0.05) is 54.1 Å². The molecule has 2 heterocycles. The van der Waals surface area contributed by atoms with E-state index in [2.05, 4.69) is 10.3 Å². The zero-order chi connectivity index (χ0) is 29.4. The first kappa shape index (κ1) is 27.3. The first-order valence-corrected chi connectivity index (χ1v) is 14.9. The standard InChI is InChI=1S/C33H29N3O5S/c1-21-9-12-26(13-10-21)42(40,41)36-20-29(27-7-2-3-8-31(27)36)22-11-14-30-28(16-22)24(18-34-30)17-33(39)35-19-32(38)23-5-4-6-25(37)15-23/h2-16,18,20,32,34,37-38H,17,19H2,1H3,(H,35,39). The molecule has 4 aromatic carbocycles. The average molecular weight is 580 g/mol. The number of aliphatic hydroxyl groups excluding tert-OH is 1. The number of aromatic amines is 1. The topological polar surface area (TPSA) is 124 Å². The van der Waals surface area contributed by atoms with Crippen molar-refractivity contribution in [3.8, 4) is 16.9 Å². The number of benzene rings is 4. The van der Waals surface area contributed by atoms with Crippen LogP contribution in [-0.4, -0.2) is 40.0 Å². The van der Waals surface area contributed by atoms with Crippen molar-refractivity contribution in [2.24, 2.45) is 0 Å². The normalized spacial score (nSPS) is 12.5. The number of rotatable bonds is 8. The molecule has 42 heavy (non-hydrogen) atoms. The van der Waals surface area contributed by atoms with Gasteiger partial charge in [0.05, 0.1) is 22.9 Å². The molecular weight excluding hydrogens is 550 g/mol. The molecule has 8 nitrogen and oxygen atoms in total. The average Bonchev–Trinajstić information content (AvgIpc) is 3.58. The highest BCUT2D eigenvalue weighted by Gasteiger charge is 2.22. The molecule has 212 valence electrons. The zero-order valence-corrected chi connectivity index (χ0v) is 23.6. The van der Waals surface area contributed by atoms with E-state index >= 15 is 0 Å². The number of phenols is 1. The van der Waals surface area contributed by atoms with Gasteiger partial charge in [-0.25, -0.2) is 12.4 Å². The number of H-pyrrole nitrogens is 1. The van der Waals surface area contributed by atoms with Crippen molar-refractivity contribution < 1.29 is 23.4 Å². The minimum absolute atomic E-state index is 0.00481. The molecule has 0 aliphatic rings. The Kier molecular flexibility index (Phi) is 7.06. The van der Waals surface area contributed by atoms with E-state index in [1.54, 1.807) is 54.9 Å². The van der Waals surface area contributed by atoms with Crippen LogP contribution in [0.15, 0.2) is 108 Å². The van der Waals surface area contributed by atoms with Gasteiger partial charge in [-0.15, -0.1) is 0 Å². The minimum Gasteiger partial charge on any atom is -0.508 e. The molecule has 2 aromatic heterocycles. The highest BCUT2D eigenvalue weighted by atomic mass is 32.2. The molecule has 0 radical (unpaired) electrons. The van der Waals surface area contributed by atoms with Crippen LogP contribution >= 0.6 is 0 Å². The van der Waals surface area contributed by atoms with E-state index in [0.717, 1.165) is 38.5 Å². The fourth-order valence-electron chi connectivity index (χ4n) is 5.19. The number of carbonyl (C=O) groups excluding carboxylic acids is 1. The number of carbonyl (C=O) groups is 1. The van der Waals surface area contributed by atoms with Gasteiger partial charge in [0.2, 0.25) is 5.91 Å². The van der Waals surface area contributed by atoms with E-state index in [-0.39, 0.29) is 29.5 Å². The van der Waals surface area contributed by atoms with Gasteiger partial charge in [0.15, 0.2) is 0 Å². The molecule has 1 atom stereocenters. The van der Waals surface area contributed by atoms with Crippen LogP contribution in [-0.2, 0) is 21.2 Å². The summed E-state index contributed by atoms with van der Waals surface area (Å²) in [6.45, 7) is 1.92. The summed E-state index contributed by atoms with van der Waals surface area (Å²) in [7, 11) is -3.84. The van der Waals surface area contributed by atoms with Gasteiger partial charge in [0.1, 0.15) is 5.75 Å². The number of fused-ring (bicyclic) bond motifs is 2. The van der Waals surface area contributed by atoms with Crippen LogP contribution in [0.3, 0.4) is 0 Å². The SMILES string of the molecule is Cc1ccc(S(=O)(=O)n2cc(-c3ccc4[nH]cc(CC(=O)NCC(O)c5cccc(O)c5)c4c3)c3ccccc32)cc1. The molecule has 0 fully saturated rings. The summed E-state index contributed by atoms with van der Waals surface area (Å²) >= 11 is 0. The number of aromatic hydroxyl groups is 1. The highest BCUT2D eigenvalue weighted by Crippen LogP contribution is 2.35. The Morgan fingerprint density at radius 1 is 0.952 bits per heavy atom. The van der Waals surface area contributed by atoms with E-state index in [4.69, 9.17) is 0 Å². The Hall–Kier alpha value is -4.86. The van der Waals surface area contributed by atoms with Crippen molar-refractivity contribution in [1.29, 1.82) is 0 Å².